The maximum atomic E-state index is 13.3. The molecule has 7 nitrogen and oxygen atoms in total. The number of benzene rings is 4. The van der Waals surface area contributed by atoms with Crippen molar-refractivity contribution in [2.45, 2.75) is 0 Å². The highest BCUT2D eigenvalue weighted by Crippen LogP contribution is 2.28. The second-order valence-corrected chi connectivity index (χ2v) is 8.63. The summed E-state index contributed by atoms with van der Waals surface area (Å²) in [6.45, 7) is 0. The fourth-order valence-electron chi connectivity index (χ4n) is 3.80. The van der Waals surface area contributed by atoms with E-state index in [1.54, 1.807) is 84.9 Å². The van der Waals surface area contributed by atoms with Gasteiger partial charge in [0.2, 0.25) is 0 Å². The molecule has 4 aromatic carbocycles. The van der Waals surface area contributed by atoms with Crippen molar-refractivity contribution in [3.63, 3.8) is 0 Å². The van der Waals surface area contributed by atoms with Crippen LogP contribution in [0.2, 0.25) is 0 Å². The molecule has 4 rings (SSSR count). The number of hydrogen-bond acceptors (Lipinski definition) is 5. The summed E-state index contributed by atoms with van der Waals surface area (Å²) < 4.78 is 10.6. The van der Waals surface area contributed by atoms with Gasteiger partial charge in [-0.1, -0.05) is 60.7 Å². The van der Waals surface area contributed by atoms with Crippen LogP contribution >= 0.6 is 0 Å². The molecule has 0 fully saturated rings. The smallest absolute Gasteiger partial charge is 0.272 e. The Labute approximate surface area is 232 Å². The van der Waals surface area contributed by atoms with Gasteiger partial charge in [0, 0.05) is 16.8 Å². The predicted octanol–water partition coefficient (Wildman–Crippen LogP) is 6.01. The molecule has 0 aliphatic rings. The fraction of sp³-hybridized carbons (Fsp3) is 0.0606. The Balaban J connectivity index is 1.54. The molecule has 0 unspecified atom stereocenters. The van der Waals surface area contributed by atoms with Gasteiger partial charge >= 0.3 is 0 Å². The minimum atomic E-state index is -0.540. The zero-order valence-corrected chi connectivity index (χ0v) is 22.1. The summed E-state index contributed by atoms with van der Waals surface area (Å²) in [5.41, 5.74) is 2.89. The van der Waals surface area contributed by atoms with E-state index >= 15 is 0 Å². The summed E-state index contributed by atoms with van der Waals surface area (Å²) in [6, 6.07) is 29.8. The second-order valence-electron chi connectivity index (χ2n) is 8.63. The molecule has 0 radical (unpaired) electrons. The third-order valence-electron chi connectivity index (χ3n) is 5.90. The number of carbonyl (C=O) groups excluding carboxylic acids is 3. The van der Waals surface area contributed by atoms with Gasteiger partial charge in [0.05, 0.1) is 14.2 Å². The first-order chi connectivity index (χ1) is 19.5. The molecule has 2 amide bonds. The minimum absolute atomic E-state index is 0.0204. The number of nitrogens with one attached hydrogen (secondary N) is 2. The Kier molecular flexibility index (Phi) is 9.24. The molecule has 2 N–H and O–H groups in total. The van der Waals surface area contributed by atoms with Gasteiger partial charge in [0.15, 0.2) is 17.3 Å². The van der Waals surface area contributed by atoms with Crippen molar-refractivity contribution in [2.75, 3.05) is 19.5 Å². The summed E-state index contributed by atoms with van der Waals surface area (Å²) in [5.74, 6) is -0.124. The minimum Gasteiger partial charge on any atom is -0.493 e. The van der Waals surface area contributed by atoms with E-state index in [2.05, 4.69) is 10.6 Å². The first kappa shape index (κ1) is 27.6. The van der Waals surface area contributed by atoms with Crippen molar-refractivity contribution in [3.8, 4) is 11.5 Å². The van der Waals surface area contributed by atoms with Gasteiger partial charge in [0.1, 0.15) is 5.70 Å². The van der Waals surface area contributed by atoms with E-state index in [1.807, 2.05) is 30.3 Å². The predicted molar refractivity (Wildman–Crippen MR) is 156 cm³/mol. The molecule has 0 saturated heterocycles. The second kappa shape index (κ2) is 13.4. The maximum Gasteiger partial charge on any atom is 0.272 e. The quantitative estimate of drug-likeness (QED) is 0.193. The van der Waals surface area contributed by atoms with Crippen LogP contribution < -0.4 is 20.1 Å². The van der Waals surface area contributed by atoms with E-state index in [0.29, 0.717) is 33.9 Å². The highest BCUT2D eigenvalue weighted by molar-refractivity contribution is 6.11. The Morgan fingerprint density at radius 3 is 1.98 bits per heavy atom. The molecule has 40 heavy (non-hydrogen) atoms. The molecule has 200 valence electrons. The molecule has 0 bridgehead atoms. The maximum absolute atomic E-state index is 13.3. The number of ether oxygens (including phenoxy) is 2. The van der Waals surface area contributed by atoms with Crippen molar-refractivity contribution in [1.29, 1.82) is 0 Å². The zero-order chi connectivity index (χ0) is 28.3. The number of rotatable bonds is 10. The van der Waals surface area contributed by atoms with Crippen LogP contribution in [0.1, 0.15) is 31.8 Å². The van der Waals surface area contributed by atoms with Crippen molar-refractivity contribution in [3.05, 3.63) is 137 Å². The van der Waals surface area contributed by atoms with Gasteiger partial charge in [0.25, 0.3) is 11.8 Å². The Bertz CT molecular complexity index is 1540. The molecule has 0 saturated carbocycles. The SMILES string of the molecule is COc1ccc(/C=C(\NC(=O)c2ccccc2)C(=O)Nc2ccc(C(=O)/C=C/c3ccccc3)cc2)cc1OC. The normalized spacial score (nSPS) is 11.1. The Morgan fingerprint density at radius 2 is 1.32 bits per heavy atom. The highest BCUT2D eigenvalue weighted by Gasteiger charge is 2.16. The molecule has 0 spiro atoms. The molecule has 0 aliphatic heterocycles. The first-order valence-electron chi connectivity index (χ1n) is 12.5. The zero-order valence-electron chi connectivity index (χ0n) is 22.1. The topological polar surface area (TPSA) is 93.7 Å². The molecule has 0 heterocycles. The Morgan fingerprint density at radius 1 is 0.675 bits per heavy atom. The van der Waals surface area contributed by atoms with E-state index in [4.69, 9.17) is 9.47 Å². The highest BCUT2D eigenvalue weighted by atomic mass is 16.5. The lowest BCUT2D eigenvalue weighted by Crippen LogP contribution is -2.30. The molecule has 0 aliphatic carbocycles. The summed E-state index contributed by atoms with van der Waals surface area (Å²) in [4.78, 5) is 38.8. The summed E-state index contributed by atoms with van der Waals surface area (Å²) in [5, 5.41) is 5.49. The lowest BCUT2D eigenvalue weighted by Gasteiger charge is -2.13. The summed E-state index contributed by atoms with van der Waals surface area (Å²) in [6.07, 6.45) is 4.80. The van der Waals surface area contributed by atoms with Crippen LogP contribution in [0.15, 0.2) is 115 Å². The van der Waals surface area contributed by atoms with E-state index in [9.17, 15) is 14.4 Å². The number of anilines is 1. The first-order valence-corrected chi connectivity index (χ1v) is 12.5. The number of amides is 2. The van der Waals surface area contributed by atoms with Crippen molar-refractivity contribution in [2.24, 2.45) is 0 Å². The molecule has 4 aromatic rings. The standard InChI is InChI=1S/C33H28N2O5/c1-39-30-20-14-24(22-31(30)40-2)21-28(35-32(37)26-11-7-4-8-12-26)33(38)34-27-17-15-25(16-18-27)29(36)19-13-23-9-5-3-6-10-23/h3-22H,1-2H3,(H,34,38)(H,35,37)/b19-13+,28-21-. The van der Waals surface area contributed by atoms with Gasteiger partial charge in [-0.05, 0) is 71.8 Å². The largest absolute Gasteiger partial charge is 0.493 e. The summed E-state index contributed by atoms with van der Waals surface area (Å²) >= 11 is 0. The van der Waals surface area contributed by atoms with Gasteiger partial charge in [-0.3, -0.25) is 14.4 Å². The fourth-order valence-corrected chi connectivity index (χ4v) is 3.80. The van der Waals surface area contributed by atoms with Crippen molar-refractivity contribution in [1.82, 2.24) is 5.32 Å². The summed E-state index contributed by atoms with van der Waals surface area (Å²) in [7, 11) is 3.05. The lowest BCUT2D eigenvalue weighted by atomic mass is 10.1. The molecular weight excluding hydrogens is 504 g/mol. The van der Waals surface area contributed by atoms with Crippen LogP contribution in [-0.2, 0) is 4.79 Å². The lowest BCUT2D eigenvalue weighted by molar-refractivity contribution is -0.113. The van der Waals surface area contributed by atoms with Gasteiger partial charge in [-0.25, -0.2) is 0 Å². The molecule has 0 aromatic heterocycles. The van der Waals surface area contributed by atoms with Crippen LogP contribution in [0.25, 0.3) is 12.2 Å². The van der Waals surface area contributed by atoms with Crippen LogP contribution in [0.5, 0.6) is 11.5 Å². The van der Waals surface area contributed by atoms with E-state index < -0.39 is 11.8 Å². The van der Waals surface area contributed by atoms with Crippen LogP contribution in [0.4, 0.5) is 5.69 Å². The van der Waals surface area contributed by atoms with E-state index in [0.717, 1.165) is 5.56 Å². The number of methoxy groups -OCH3 is 2. The van der Waals surface area contributed by atoms with E-state index in [-0.39, 0.29) is 11.5 Å². The monoisotopic (exact) mass is 532 g/mol. The van der Waals surface area contributed by atoms with Gasteiger partial charge < -0.3 is 20.1 Å². The number of hydrogen-bond donors (Lipinski definition) is 2. The average molecular weight is 533 g/mol. The van der Waals surface area contributed by atoms with Gasteiger partial charge in [-0.2, -0.15) is 0 Å². The number of carbonyl (C=O) groups is 3. The third kappa shape index (κ3) is 7.33. The van der Waals surface area contributed by atoms with Crippen molar-refractivity contribution < 1.29 is 23.9 Å². The third-order valence-corrected chi connectivity index (χ3v) is 5.90. The van der Waals surface area contributed by atoms with Crippen LogP contribution in [0, 0.1) is 0 Å². The molecular formula is C33H28N2O5. The van der Waals surface area contributed by atoms with Crippen LogP contribution in [-0.4, -0.2) is 31.8 Å². The van der Waals surface area contributed by atoms with E-state index in [1.165, 1.54) is 20.3 Å². The average Bonchev–Trinajstić information content (AvgIpc) is 3.00. The van der Waals surface area contributed by atoms with Crippen LogP contribution in [0.3, 0.4) is 0 Å². The Hall–Kier alpha value is -5.43. The molecule has 0 atom stereocenters. The molecule has 7 heteroatoms. The van der Waals surface area contributed by atoms with Crippen molar-refractivity contribution >= 4 is 35.4 Å². The number of allylic oxidation sites excluding steroid dienone is 1. The number of ketones is 1. The van der Waals surface area contributed by atoms with Gasteiger partial charge in [-0.15, -0.1) is 0 Å².